The number of hydrogen-bond donors (Lipinski definition) is 2. The number of aliphatic hydroxyl groups is 2. The largest absolute Gasteiger partial charge is 0.465 e. The second-order valence-electron chi connectivity index (χ2n) is 12.6. The van der Waals surface area contributed by atoms with Gasteiger partial charge in [-0.25, -0.2) is 0 Å². The van der Waals surface area contributed by atoms with Crippen LogP contribution in [0.2, 0.25) is 0 Å². The Kier molecular flexibility index (Phi) is 24.5. The SMILES string of the molecule is C.CO.CO.Cc1c[c-]c(-c2nccc3occc23)cc1.Cc1ccc(-c2nccc3occc23)cc1.[Ir].[Ir].[c-]1ccccc1-c1ccccn1.[c-]1ccccc1-c1ccccn1. The summed E-state index contributed by atoms with van der Waals surface area (Å²) in [6.07, 6.45) is 10.5. The molecule has 10 heteroatoms. The number of benzene rings is 4. The van der Waals surface area contributed by atoms with Gasteiger partial charge in [-0.1, -0.05) is 68.4 Å². The Hall–Kier alpha value is -6.22. The summed E-state index contributed by atoms with van der Waals surface area (Å²) in [6, 6.07) is 58.9. The van der Waals surface area contributed by atoms with E-state index in [1.807, 2.05) is 128 Å². The fraction of sp³-hybridized carbons (Fsp3) is 0.0943. The van der Waals surface area contributed by atoms with Gasteiger partial charge in [0.15, 0.2) is 0 Å². The molecule has 0 aliphatic rings. The predicted molar refractivity (Wildman–Crippen MR) is 247 cm³/mol. The maximum atomic E-state index is 7.00. The fourth-order valence-electron chi connectivity index (χ4n) is 5.74. The van der Waals surface area contributed by atoms with Crippen LogP contribution in [0.5, 0.6) is 0 Å². The van der Waals surface area contributed by atoms with Crippen molar-refractivity contribution in [3.63, 3.8) is 0 Å². The molecule has 0 saturated heterocycles. The predicted octanol–water partition coefficient (Wildman–Crippen LogP) is 12.4. The van der Waals surface area contributed by atoms with Crippen molar-refractivity contribution in [1.82, 2.24) is 19.9 Å². The van der Waals surface area contributed by atoms with E-state index in [1.54, 1.807) is 37.3 Å². The molecule has 2 N–H and O–H groups in total. The minimum atomic E-state index is 0. The molecule has 4 aromatic carbocycles. The van der Waals surface area contributed by atoms with Crippen molar-refractivity contribution in [2.24, 2.45) is 0 Å². The summed E-state index contributed by atoms with van der Waals surface area (Å²) >= 11 is 0. The van der Waals surface area contributed by atoms with E-state index in [4.69, 9.17) is 19.0 Å². The van der Waals surface area contributed by atoms with Crippen LogP contribution in [-0.2, 0) is 40.2 Å². The Morgan fingerprint density at radius 3 is 1.35 bits per heavy atom. The fourth-order valence-corrected chi connectivity index (χ4v) is 5.74. The first-order valence-electron chi connectivity index (χ1n) is 19.0. The molecule has 0 fully saturated rings. The van der Waals surface area contributed by atoms with E-state index in [9.17, 15) is 0 Å². The van der Waals surface area contributed by atoms with Crippen molar-refractivity contribution in [3.05, 3.63) is 218 Å². The van der Waals surface area contributed by atoms with E-state index < -0.39 is 0 Å². The molecule has 6 aromatic heterocycles. The van der Waals surface area contributed by atoms with E-state index >= 15 is 0 Å². The summed E-state index contributed by atoms with van der Waals surface area (Å²) in [7, 11) is 2.00. The first kappa shape index (κ1) is 52.9. The van der Waals surface area contributed by atoms with Crippen molar-refractivity contribution in [3.8, 4) is 45.0 Å². The molecule has 0 bridgehead atoms. The second-order valence-corrected chi connectivity index (χ2v) is 12.6. The van der Waals surface area contributed by atoms with Gasteiger partial charge in [0.05, 0.1) is 18.2 Å². The molecule has 0 aliphatic heterocycles. The number of pyridine rings is 4. The van der Waals surface area contributed by atoms with Crippen molar-refractivity contribution in [2.75, 3.05) is 14.2 Å². The topological polar surface area (TPSA) is 118 Å². The quantitative estimate of drug-likeness (QED) is 0.167. The molecule has 6 heterocycles. The molecule has 0 atom stereocenters. The Morgan fingerprint density at radius 1 is 0.429 bits per heavy atom. The van der Waals surface area contributed by atoms with Crippen molar-refractivity contribution >= 4 is 21.9 Å². The summed E-state index contributed by atoms with van der Waals surface area (Å²) in [5.74, 6) is 0. The van der Waals surface area contributed by atoms with E-state index in [-0.39, 0.29) is 47.6 Å². The van der Waals surface area contributed by atoms with Gasteiger partial charge < -0.3 is 34.0 Å². The Balaban J connectivity index is 0.000000279. The minimum Gasteiger partial charge on any atom is -0.465 e. The van der Waals surface area contributed by atoms with Crippen molar-refractivity contribution in [2.45, 2.75) is 21.3 Å². The number of fused-ring (bicyclic) bond motifs is 2. The van der Waals surface area contributed by atoms with E-state index in [0.29, 0.717) is 0 Å². The molecule has 0 saturated carbocycles. The Labute approximate surface area is 397 Å². The summed E-state index contributed by atoms with van der Waals surface area (Å²) in [4.78, 5) is 17.2. The molecule has 63 heavy (non-hydrogen) atoms. The first-order chi connectivity index (χ1) is 29.6. The van der Waals surface area contributed by atoms with Crippen LogP contribution in [0.25, 0.3) is 67.0 Å². The number of aryl methyl sites for hydroxylation is 2. The van der Waals surface area contributed by atoms with Crippen LogP contribution in [0.4, 0.5) is 0 Å². The summed E-state index contributed by atoms with van der Waals surface area (Å²) in [5, 5.41) is 16.1. The number of aromatic nitrogens is 4. The van der Waals surface area contributed by atoms with E-state index in [0.717, 1.165) is 81.2 Å². The Bertz CT molecular complexity index is 2430. The average Bonchev–Trinajstić information content (AvgIpc) is 4.04. The third kappa shape index (κ3) is 15.6. The summed E-state index contributed by atoms with van der Waals surface area (Å²) in [5.41, 5.74) is 12.2. The zero-order valence-corrected chi connectivity index (χ0v) is 39.4. The zero-order valence-electron chi connectivity index (χ0n) is 34.6. The second kappa shape index (κ2) is 29.1. The van der Waals surface area contributed by atoms with Crippen LogP contribution < -0.4 is 0 Å². The normalized spacial score (nSPS) is 9.37. The average molecular weight is 1190 g/mol. The molecule has 0 amide bonds. The molecule has 8 nitrogen and oxygen atoms in total. The van der Waals surface area contributed by atoms with Crippen LogP contribution in [0, 0.1) is 32.0 Å². The number of furan rings is 2. The molecule has 0 spiro atoms. The molecule has 10 aromatic rings. The van der Waals surface area contributed by atoms with Crippen molar-refractivity contribution < 1.29 is 59.3 Å². The smallest absolute Gasteiger partial charge is 0.137 e. The molecular formula is C53H49Ir2N4O4-3. The molecule has 2 radical (unpaired) electrons. The van der Waals surface area contributed by atoms with Gasteiger partial charge in [0.25, 0.3) is 0 Å². The number of aliphatic hydroxyl groups excluding tert-OH is 2. The first-order valence-corrected chi connectivity index (χ1v) is 19.0. The van der Waals surface area contributed by atoms with Gasteiger partial charge in [0.1, 0.15) is 11.2 Å². The van der Waals surface area contributed by atoms with Crippen LogP contribution >= 0.6 is 0 Å². The van der Waals surface area contributed by atoms with Gasteiger partial charge in [-0.3, -0.25) is 4.98 Å². The molecule has 0 aliphatic carbocycles. The molecular weight excluding hydrogens is 1140 g/mol. The molecule has 0 unspecified atom stereocenters. The van der Waals surface area contributed by atoms with Crippen LogP contribution in [0.15, 0.2) is 198 Å². The number of rotatable bonds is 4. The number of hydrogen-bond acceptors (Lipinski definition) is 8. The van der Waals surface area contributed by atoms with Gasteiger partial charge in [-0.05, 0) is 60.4 Å². The third-order valence-corrected chi connectivity index (χ3v) is 8.61. The van der Waals surface area contributed by atoms with E-state index in [2.05, 4.69) is 75.4 Å². The van der Waals surface area contributed by atoms with Gasteiger partial charge in [0, 0.05) is 95.6 Å². The van der Waals surface area contributed by atoms with E-state index in [1.165, 1.54) is 11.1 Å². The molecule has 10 rings (SSSR count). The Morgan fingerprint density at radius 2 is 0.905 bits per heavy atom. The number of nitrogens with zero attached hydrogens (tertiary/aromatic N) is 4. The van der Waals surface area contributed by atoms with Crippen LogP contribution in [-0.4, -0.2) is 44.4 Å². The maximum Gasteiger partial charge on any atom is 0.137 e. The van der Waals surface area contributed by atoms with Crippen LogP contribution in [0.3, 0.4) is 0 Å². The standard InChI is InChI=1S/C14H11NO.C14H10NO.2C11H8N.2CH4O.CH4.2Ir/c2*1-10-2-4-11(5-3-10)14-12-7-9-16-13(12)6-8-15-14;2*1-2-6-10(7-3-1)11-8-4-5-9-12-11;2*1-2;;;/h2-9H,1H3;2-4,6-9H,1H3;2*1-6,8-9H;2*2H,1H3;1H4;;/q;3*-1;;;;;. The van der Waals surface area contributed by atoms with Crippen LogP contribution in [0.1, 0.15) is 18.6 Å². The van der Waals surface area contributed by atoms with Gasteiger partial charge in [-0.15, -0.1) is 107 Å². The third-order valence-electron chi connectivity index (χ3n) is 8.61. The summed E-state index contributed by atoms with van der Waals surface area (Å²) in [6.45, 7) is 4.13. The zero-order chi connectivity index (χ0) is 42.4. The minimum absolute atomic E-state index is 0. The van der Waals surface area contributed by atoms with Gasteiger partial charge in [0.2, 0.25) is 0 Å². The molecule has 326 valence electrons. The van der Waals surface area contributed by atoms with Gasteiger partial charge >= 0.3 is 0 Å². The van der Waals surface area contributed by atoms with Gasteiger partial charge in [-0.2, -0.15) is 0 Å². The maximum absolute atomic E-state index is 7.00. The monoisotopic (exact) mass is 1190 g/mol. The van der Waals surface area contributed by atoms with Crippen molar-refractivity contribution in [1.29, 1.82) is 0 Å². The summed E-state index contributed by atoms with van der Waals surface area (Å²) < 4.78 is 10.7.